The Hall–Kier alpha value is -3.96. The van der Waals surface area contributed by atoms with E-state index < -0.39 is 15.1 Å². The molecular formula is C27H31FN8OSi. The van der Waals surface area contributed by atoms with Crippen molar-refractivity contribution in [2.45, 2.75) is 52.3 Å². The zero-order chi connectivity index (χ0) is 27.1. The monoisotopic (exact) mass is 530 g/mol. The fourth-order valence-electron chi connectivity index (χ4n) is 3.83. The second-order valence-corrected chi connectivity index (χ2v) is 15.5. The number of nitrogens with two attached hydrogens (primary N) is 1. The van der Waals surface area contributed by atoms with Crippen molar-refractivity contribution in [2.24, 2.45) is 0 Å². The molecule has 38 heavy (non-hydrogen) atoms. The number of hydrogen-bond acceptors (Lipinski definition) is 7. The smallest absolute Gasteiger partial charge is 0.200 e. The highest BCUT2D eigenvalue weighted by molar-refractivity contribution is 6.74. The van der Waals surface area contributed by atoms with Crippen molar-refractivity contribution in [3.05, 3.63) is 66.5 Å². The highest BCUT2D eigenvalue weighted by Gasteiger charge is 2.37. The van der Waals surface area contributed by atoms with Crippen molar-refractivity contribution in [2.75, 3.05) is 5.73 Å². The molecule has 0 unspecified atom stereocenters. The number of nitrogens with zero attached hydrogens (tertiary/aromatic N) is 7. The summed E-state index contributed by atoms with van der Waals surface area (Å²) in [6.07, 6.45) is 3.14. The van der Waals surface area contributed by atoms with Crippen molar-refractivity contribution in [3.8, 4) is 28.5 Å². The number of pyridine rings is 2. The molecule has 1 aromatic carbocycles. The Labute approximate surface area is 221 Å². The van der Waals surface area contributed by atoms with E-state index >= 15 is 0 Å². The molecule has 196 valence electrons. The van der Waals surface area contributed by atoms with Gasteiger partial charge >= 0.3 is 0 Å². The van der Waals surface area contributed by atoms with Gasteiger partial charge in [0.1, 0.15) is 17.0 Å². The van der Waals surface area contributed by atoms with E-state index in [4.69, 9.17) is 20.1 Å². The molecule has 0 radical (unpaired) electrons. The summed E-state index contributed by atoms with van der Waals surface area (Å²) in [5.41, 5.74) is 11.2. The molecule has 2 N–H and O–H groups in total. The van der Waals surface area contributed by atoms with E-state index in [2.05, 4.69) is 61.2 Å². The summed E-state index contributed by atoms with van der Waals surface area (Å²) >= 11 is 0. The molecule has 0 spiro atoms. The van der Waals surface area contributed by atoms with E-state index in [0.717, 1.165) is 16.0 Å². The number of hydrogen-bond donors (Lipinski definition) is 1. The lowest BCUT2D eigenvalue weighted by atomic mass is 10.2. The van der Waals surface area contributed by atoms with E-state index in [1.165, 1.54) is 6.20 Å². The van der Waals surface area contributed by atoms with Crippen molar-refractivity contribution >= 4 is 25.3 Å². The number of alkyl halides is 1. The Morgan fingerprint density at radius 2 is 1.76 bits per heavy atom. The number of anilines is 1. The Balaban J connectivity index is 1.59. The van der Waals surface area contributed by atoms with Gasteiger partial charge in [-0.05, 0) is 60.1 Å². The van der Waals surface area contributed by atoms with Crippen molar-refractivity contribution in [1.29, 1.82) is 0 Å². The minimum Gasteiger partial charge on any atom is -0.413 e. The lowest BCUT2D eigenvalue weighted by Gasteiger charge is -2.36. The third-order valence-electron chi connectivity index (χ3n) is 7.09. The van der Waals surface area contributed by atoms with Gasteiger partial charge in [-0.3, -0.25) is 4.57 Å². The van der Waals surface area contributed by atoms with Crippen LogP contribution in [0, 0.1) is 0 Å². The maximum Gasteiger partial charge on any atom is 0.200 e. The molecular weight excluding hydrogens is 499 g/mol. The Kier molecular flexibility index (Phi) is 6.57. The summed E-state index contributed by atoms with van der Waals surface area (Å²) in [6, 6.07) is 15.5. The topological polar surface area (TPSA) is 110 Å². The van der Waals surface area contributed by atoms with Gasteiger partial charge in [0.05, 0.1) is 24.1 Å². The standard InChI is InChI=1S/C27H31FN8OSi/c1-27(2,3)38(4,5)37-16-18-8-10-19(11-9-18)36-25(20-7-6-14-30-24(20)29)33-22-13-12-21(32-26(22)36)23-15-31-35(17-28)34-23/h6-15H,16-17H2,1-5H3,(H2,29,30). The molecule has 0 bridgehead atoms. The quantitative estimate of drug-likeness (QED) is 0.266. The average Bonchev–Trinajstić information content (AvgIpc) is 3.52. The number of rotatable bonds is 7. The molecule has 4 heterocycles. The summed E-state index contributed by atoms with van der Waals surface area (Å²) in [6.45, 7) is 10.9. The largest absolute Gasteiger partial charge is 0.413 e. The Morgan fingerprint density at radius 1 is 1.00 bits per heavy atom. The molecule has 0 aliphatic carbocycles. The number of halogens is 1. The molecule has 0 amide bonds. The van der Waals surface area contributed by atoms with Gasteiger partial charge in [0, 0.05) is 11.9 Å². The molecule has 0 aliphatic rings. The maximum atomic E-state index is 13.0. The minimum atomic E-state index is -1.87. The molecule has 0 saturated heterocycles. The molecule has 5 aromatic rings. The predicted octanol–water partition coefficient (Wildman–Crippen LogP) is 5.77. The normalized spacial score (nSPS) is 12.4. The van der Waals surface area contributed by atoms with Crippen LogP contribution in [0.4, 0.5) is 10.2 Å². The molecule has 5 rings (SSSR count). The summed E-state index contributed by atoms with van der Waals surface area (Å²) < 4.78 is 21.4. The minimum absolute atomic E-state index is 0.139. The third kappa shape index (κ3) is 4.82. The first-order valence-electron chi connectivity index (χ1n) is 12.4. The van der Waals surface area contributed by atoms with Crippen LogP contribution in [0.3, 0.4) is 0 Å². The lowest BCUT2D eigenvalue weighted by Crippen LogP contribution is -2.40. The molecule has 4 aromatic heterocycles. The fraction of sp³-hybridized carbons (Fsp3) is 0.296. The van der Waals surface area contributed by atoms with Crippen LogP contribution in [0.25, 0.3) is 39.6 Å². The van der Waals surface area contributed by atoms with Gasteiger partial charge in [0.15, 0.2) is 19.8 Å². The maximum absolute atomic E-state index is 13.0. The number of fused-ring (bicyclic) bond motifs is 1. The number of benzene rings is 1. The van der Waals surface area contributed by atoms with Gasteiger partial charge in [0.2, 0.25) is 6.80 Å². The van der Waals surface area contributed by atoms with Crippen LogP contribution in [0.2, 0.25) is 18.1 Å². The third-order valence-corrected chi connectivity index (χ3v) is 11.6. The van der Waals surface area contributed by atoms with E-state index in [9.17, 15) is 4.39 Å². The van der Waals surface area contributed by atoms with Gasteiger partial charge in [-0.2, -0.15) is 9.90 Å². The average molecular weight is 531 g/mol. The van der Waals surface area contributed by atoms with E-state index in [-0.39, 0.29) is 5.04 Å². The number of nitrogen functional groups attached to an aromatic ring is 1. The summed E-state index contributed by atoms with van der Waals surface area (Å²) in [5.74, 6) is 0.988. The van der Waals surface area contributed by atoms with Crippen LogP contribution in [0.15, 0.2) is 60.9 Å². The Morgan fingerprint density at radius 3 is 2.42 bits per heavy atom. The van der Waals surface area contributed by atoms with E-state index in [1.54, 1.807) is 12.3 Å². The molecule has 0 saturated carbocycles. The van der Waals surface area contributed by atoms with E-state index in [0.29, 0.717) is 46.4 Å². The first-order valence-corrected chi connectivity index (χ1v) is 15.3. The molecule has 9 nitrogen and oxygen atoms in total. The van der Waals surface area contributed by atoms with Crippen LogP contribution in [-0.2, 0) is 17.8 Å². The zero-order valence-electron chi connectivity index (χ0n) is 22.2. The second kappa shape index (κ2) is 9.73. The number of aromatic nitrogens is 7. The SMILES string of the molecule is CC(C)(C)[Si](C)(C)OCc1ccc(-n2c(-c3cccnc3N)nc3ccc(-c4cnn(CF)n4)nc32)cc1. The molecule has 11 heteroatoms. The van der Waals surface area contributed by atoms with Gasteiger partial charge < -0.3 is 10.2 Å². The van der Waals surface area contributed by atoms with Gasteiger partial charge in [-0.25, -0.2) is 19.3 Å². The first kappa shape index (κ1) is 25.7. The number of imidazole rings is 1. The zero-order valence-corrected chi connectivity index (χ0v) is 23.2. The van der Waals surface area contributed by atoms with Crippen molar-refractivity contribution in [3.63, 3.8) is 0 Å². The van der Waals surface area contributed by atoms with Gasteiger partial charge in [-0.15, -0.1) is 5.10 Å². The highest BCUT2D eigenvalue weighted by Crippen LogP contribution is 2.37. The van der Waals surface area contributed by atoms with Crippen LogP contribution < -0.4 is 5.73 Å². The summed E-state index contributed by atoms with van der Waals surface area (Å²) in [7, 11) is -1.87. The van der Waals surface area contributed by atoms with Gasteiger partial charge in [-0.1, -0.05) is 32.9 Å². The second-order valence-electron chi connectivity index (χ2n) is 10.7. The van der Waals surface area contributed by atoms with Crippen LogP contribution in [0.1, 0.15) is 26.3 Å². The predicted molar refractivity (Wildman–Crippen MR) is 149 cm³/mol. The first-order chi connectivity index (χ1) is 18.1. The Bertz CT molecular complexity index is 1590. The molecule has 0 fully saturated rings. The van der Waals surface area contributed by atoms with Crippen molar-refractivity contribution in [1.82, 2.24) is 34.5 Å². The van der Waals surface area contributed by atoms with Gasteiger partial charge in [0.25, 0.3) is 0 Å². The fourth-order valence-corrected chi connectivity index (χ4v) is 4.79. The van der Waals surface area contributed by atoms with Crippen LogP contribution in [-0.4, -0.2) is 42.8 Å². The van der Waals surface area contributed by atoms with Crippen LogP contribution in [0.5, 0.6) is 0 Å². The summed E-state index contributed by atoms with van der Waals surface area (Å²) in [5, 5.41) is 8.22. The lowest BCUT2D eigenvalue weighted by molar-refractivity contribution is 0.276. The molecule has 0 aliphatic heterocycles. The highest BCUT2D eigenvalue weighted by atomic mass is 28.4. The van der Waals surface area contributed by atoms with Crippen molar-refractivity contribution < 1.29 is 8.82 Å². The van der Waals surface area contributed by atoms with Crippen LogP contribution >= 0.6 is 0 Å². The van der Waals surface area contributed by atoms with E-state index in [1.807, 2.05) is 34.9 Å². The summed E-state index contributed by atoms with van der Waals surface area (Å²) in [4.78, 5) is 14.9. The molecule has 0 atom stereocenters.